The predicted octanol–water partition coefficient (Wildman–Crippen LogP) is 2.65. The summed E-state index contributed by atoms with van der Waals surface area (Å²) in [5, 5.41) is 12.8. The summed E-state index contributed by atoms with van der Waals surface area (Å²) in [5.74, 6) is 2.76. The Balaban J connectivity index is 1.89. The van der Waals surface area contributed by atoms with Crippen LogP contribution in [0.5, 0.6) is 0 Å². The first kappa shape index (κ1) is 12.6. The maximum Gasteiger partial charge on any atom is 0.335 e. The molecule has 5 heteroatoms. The average Bonchev–Trinajstić information content (AvgIpc) is 2.38. The van der Waals surface area contributed by atoms with Crippen molar-refractivity contribution in [1.82, 2.24) is 0 Å². The monoisotopic (exact) mass is 269 g/mol. The first-order chi connectivity index (χ1) is 8.25. The molecule has 1 aliphatic heterocycles. The molecule has 0 aliphatic carbocycles. The first-order valence-corrected chi connectivity index (χ1v) is 7.72. The molecular formula is C12H15NO2S2. The number of rotatable bonds is 4. The smallest absolute Gasteiger partial charge is 0.335 e. The second kappa shape index (κ2) is 6.21. The van der Waals surface area contributed by atoms with Crippen molar-refractivity contribution in [2.24, 2.45) is 0 Å². The van der Waals surface area contributed by atoms with Gasteiger partial charge in [-0.2, -0.15) is 23.5 Å². The number of benzene rings is 1. The van der Waals surface area contributed by atoms with Crippen LogP contribution >= 0.6 is 23.5 Å². The van der Waals surface area contributed by atoms with E-state index in [9.17, 15) is 4.79 Å². The van der Waals surface area contributed by atoms with Gasteiger partial charge in [-0.1, -0.05) is 6.07 Å². The molecule has 0 radical (unpaired) electrons. The van der Waals surface area contributed by atoms with Crippen LogP contribution in [0.15, 0.2) is 24.3 Å². The number of carbonyl (C=O) groups is 1. The molecule has 17 heavy (non-hydrogen) atoms. The number of hydrogen-bond donors (Lipinski definition) is 2. The Morgan fingerprint density at radius 2 is 2.35 bits per heavy atom. The van der Waals surface area contributed by atoms with Gasteiger partial charge in [0.25, 0.3) is 0 Å². The topological polar surface area (TPSA) is 49.3 Å². The van der Waals surface area contributed by atoms with Gasteiger partial charge in [0, 0.05) is 34.7 Å². The Morgan fingerprint density at radius 1 is 1.47 bits per heavy atom. The van der Waals surface area contributed by atoms with Gasteiger partial charge >= 0.3 is 5.97 Å². The van der Waals surface area contributed by atoms with E-state index in [4.69, 9.17) is 5.11 Å². The summed E-state index contributed by atoms with van der Waals surface area (Å²) >= 11 is 3.98. The zero-order chi connectivity index (χ0) is 12.1. The van der Waals surface area contributed by atoms with Crippen LogP contribution in [0.2, 0.25) is 0 Å². The van der Waals surface area contributed by atoms with Gasteiger partial charge in [0.2, 0.25) is 0 Å². The molecule has 0 saturated carbocycles. The number of aromatic carboxylic acids is 1. The molecular weight excluding hydrogens is 254 g/mol. The van der Waals surface area contributed by atoms with Gasteiger partial charge in [-0.3, -0.25) is 0 Å². The largest absolute Gasteiger partial charge is 0.478 e. The van der Waals surface area contributed by atoms with E-state index in [0.29, 0.717) is 10.8 Å². The van der Waals surface area contributed by atoms with E-state index < -0.39 is 5.97 Å². The lowest BCUT2D eigenvalue weighted by Crippen LogP contribution is -2.23. The quantitative estimate of drug-likeness (QED) is 0.880. The third kappa shape index (κ3) is 3.85. The van der Waals surface area contributed by atoms with E-state index in [1.807, 2.05) is 29.6 Å². The molecule has 1 unspecified atom stereocenters. The van der Waals surface area contributed by atoms with Gasteiger partial charge < -0.3 is 10.4 Å². The Kier molecular flexibility index (Phi) is 4.62. The third-order valence-corrected chi connectivity index (χ3v) is 5.37. The summed E-state index contributed by atoms with van der Waals surface area (Å²) in [4.78, 5) is 10.8. The van der Waals surface area contributed by atoms with E-state index in [1.54, 1.807) is 18.2 Å². The highest BCUT2D eigenvalue weighted by Gasteiger charge is 2.13. The second-order valence-electron chi connectivity index (χ2n) is 3.83. The van der Waals surface area contributed by atoms with Gasteiger partial charge in [-0.25, -0.2) is 4.79 Å². The standard InChI is InChI=1S/C12H15NO2S2/c14-12(15)9-2-1-3-10(6-9)13-7-11-8-16-4-5-17-11/h1-3,6,11,13H,4-5,7-8H2,(H,14,15). The fourth-order valence-corrected chi connectivity index (χ4v) is 4.26. The lowest BCUT2D eigenvalue weighted by Gasteiger charge is -2.21. The van der Waals surface area contributed by atoms with Crippen LogP contribution < -0.4 is 5.32 Å². The van der Waals surface area contributed by atoms with Crippen molar-refractivity contribution in [3.63, 3.8) is 0 Å². The lowest BCUT2D eigenvalue weighted by atomic mass is 10.2. The van der Waals surface area contributed by atoms with Crippen LogP contribution in [0.25, 0.3) is 0 Å². The van der Waals surface area contributed by atoms with Gasteiger partial charge in [-0.15, -0.1) is 0 Å². The van der Waals surface area contributed by atoms with Crippen LogP contribution in [0.3, 0.4) is 0 Å². The minimum atomic E-state index is -0.878. The van der Waals surface area contributed by atoms with Crippen LogP contribution in [-0.4, -0.2) is 40.1 Å². The average molecular weight is 269 g/mol. The number of anilines is 1. The number of carboxylic acid groups (broad SMARTS) is 1. The molecule has 1 aromatic rings. The molecule has 1 heterocycles. The van der Waals surface area contributed by atoms with E-state index in [1.165, 1.54) is 17.3 Å². The van der Waals surface area contributed by atoms with Crippen molar-refractivity contribution in [3.8, 4) is 0 Å². The first-order valence-electron chi connectivity index (χ1n) is 5.52. The number of nitrogens with one attached hydrogen (secondary N) is 1. The highest BCUT2D eigenvalue weighted by Crippen LogP contribution is 2.24. The molecule has 1 fully saturated rings. The van der Waals surface area contributed by atoms with Crippen molar-refractivity contribution in [1.29, 1.82) is 0 Å². The molecule has 2 N–H and O–H groups in total. The molecule has 0 aromatic heterocycles. The number of hydrogen-bond acceptors (Lipinski definition) is 4. The molecule has 0 spiro atoms. The van der Waals surface area contributed by atoms with Gasteiger partial charge in [0.15, 0.2) is 0 Å². The van der Waals surface area contributed by atoms with Crippen LogP contribution in [0, 0.1) is 0 Å². The summed E-state index contributed by atoms with van der Waals surface area (Å²) in [7, 11) is 0. The van der Waals surface area contributed by atoms with Crippen molar-refractivity contribution < 1.29 is 9.90 Å². The molecule has 2 rings (SSSR count). The molecule has 1 aromatic carbocycles. The molecule has 1 atom stereocenters. The maximum atomic E-state index is 10.8. The van der Waals surface area contributed by atoms with E-state index in [2.05, 4.69) is 5.32 Å². The molecule has 1 saturated heterocycles. The van der Waals surface area contributed by atoms with Crippen LogP contribution in [-0.2, 0) is 0 Å². The summed E-state index contributed by atoms with van der Waals surface area (Å²) in [6.07, 6.45) is 0. The summed E-state index contributed by atoms with van der Waals surface area (Å²) < 4.78 is 0. The zero-order valence-electron chi connectivity index (χ0n) is 9.39. The van der Waals surface area contributed by atoms with Gasteiger partial charge in [0.1, 0.15) is 0 Å². The second-order valence-corrected chi connectivity index (χ2v) is 6.39. The van der Waals surface area contributed by atoms with Gasteiger partial charge in [-0.05, 0) is 18.2 Å². The summed E-state index contributed by atoms with van der Waals surface area (Å²) in [6.45, 7) is 0.904. The minimum Gasteiger partial charge on any atom is -0.478 e. The van der Waals surface area contributed by atoms with E-state index in [0.717, 1.165) is 12.2 Å². The molecule has 3 nitrogen and oxygen atoms in total. The minimum absolute atomic E-state index is 0.334. The van der Waals surface area contributed by atoms with Crippen LogP contribution in [0.1, 0.15) is 10.4 Å². The molecule has 92 valence electrons. The van der Waals surface area contributed by atoms with Crippen molar-refractivity contribution in [2.75, 3.05) is 29.1 Å². The maximum absolute atomic E-state index is 10.8. The highest BCUT2D eigenvalue weighted by atomic mass is 32.2. The normalized spacial score (nSPS) is 19.9. The fourth-order valence-electron chi connectivity index (χ4n) is 1.65. The number of carboxylic acids is 1. The van der Waals surface area contributed by atoms with Crippen LogP contribution in [0.4, 0.5) is 5.69 Å². The fraction of sp³-hybridized carbons (Fsp3) is 0.417. The van der Waals surface area contributed by atoms with Crippen molar-refractivity contribution >= 4 is 35.2 Å². The zero-order valence-corrected chi connectivity index (χ0v) is 11.0. The summed E-state index contributed by atoms with van der Waals surface area (Å²) in [5.41, 5.74) is 1.22. The molecule has 0 amide bonds. The Morgan fingerprint density at radius 3 is 3.06 bits per heavy atom. The molecule has 0 bridgehead atoms. The predicted molar refractivity (Wildman–Crippen MR) is 75.5 cm³/mol. The third-order valence-electron chi connectivity index (χ3n) is 2.53. The molecule has 1 aliphatic rings. The van der Waals surface area contributed by atoms with Crippen molar-refractivity contribution in [2.45, 2.75) is 5.25 Å². The van der Waals surface area contributed by atoms with Crippen molar-refractivity contribution in [3.05, 3.63) is 29.8 Å². The lowest BCUT2D eigenvalue weighted by molar-refractivity contribution is 0.0697. The van der Waals surface area contributed by atoms with Gasteiger partial charge in [0.05, 0.1) is 5.56 Å². The number of thioether (sulfide) groups is 2. The van der Waals surface area contributed by atoms with E-state index >= 15 is 0 Å². The Hall–Kier alpha value is -0.810. The highest BCUT2D eigenvalue weighted by molar-refractivity contribution is 8.06. The SMILES string of the molecule is O=C(O)c1cccc(NCC2CSCCS2)c1. The Bertz CT molecular complexity index is 392. The van der Waals surface area contributed by atoms with E-state index in [-0.39, 0.29) is 0 Å². The Labute approximate surface area is 109 Å². The summed E-state index contributed by atoms with van der Waals surface area (Å²) in [6, 6.07) is 6.98.